The largest absolute Gasteiger partial charge is 0.494 e. The van der Waals surface area contributed by atoms with Gasteiger partial charge in [0.2, 0.25) is 15.9 Å². The van der Waals surface area contributed by atoms with Gasteiger partial charge in [0.15, 0.2) is 0 Å². The molecule has 0 unspecified atom stereocenters. The second-order valence-corrected chi connectivity index (χ2v) is 10.8. The third-order valence-electron chi connectivity index (χ3n) is 6.18. The third kappa shape index (κ3) is 5.66. The maximum Gasteiger partial charge on any atom is 0.251 e. The SMILES string of the molecule is CCOc1ccc(S(=O)(=O)N2CCC(C(=O)Nc3cccc(-c4nc(C)cc(=O)[nH]4)c3)CC2)cc1C. The zero-order valence-corrected chi connectivity index (χ0v) is 21.4. The predicted octanol–water partition coefficient (Wildman–Crippen LogP) is 3.49. The van der Waals surface area contributed by atoms with Crippen LogP contribution in [0.25, 0.3) is 11.4 Å². The van der Waals surface area contributed by atoms with Gasteiger partial charge in [0.1, 0.15) is 11.6 Å². The van der Waals surface area contributed by atoms with E-state index in [1.165, 1.54) is 10.4 Å². The van der Waals surface area contributed by atoms with E-state index in [2.05, 4.69) is 15.3 Å². The number of hydrogen-bond donors (Lipinski definition) is 2. The van der Waals surface area contributed by atoms with Gasteiger partial charge in [0.25, 0.3) is 5.56 Å². The molecule has 0 atom stereocenters. The number of benzene rings is 2. The lowest BCUT2D eigenvalue weighted by Crippen LogP contribution is -2.41. The first-order valence-electron chi connectivity index (χ1n) is 11.9. The minimum Gasteiger partial charge on any atom is -0.494 e. The Morgan fingerprint density at radius 1 is 1.14 bits per heavy atom. The standard InChI is InChI=1S/C26H30N4O5S/c1-4-35-23-9-8-22(14-17(23)2)36(33,34)30-12-10-19(11-13-30)26(32)28-21-7-5-6-20(16-21)25-27-18(3)15-24(31)29-25/h5-9,14-16,19H,4,10-13H2,1-3H3,(H,28,32)(H,27,29,31). The van der Waals surface area contributed by atoms with Crippen molar-refractivity contribution >= 4 is 21.6 Å². The average molecular weight is 511 g/mol. The van der Waals surface area contributed by atoms with Gasteiger partial charge in [0, 0.05) is 42.0 Å². The quantitative estimate of drug-likeness (QED) is 0.502. The number of nitrogens with zero attached hydrogens (tertiary/aromatic N) is 2. The summed E-state index contributed by atoms with van der Waals surface area (Å²) in [5.41, 5.74) is 2.39. The van der Waals surface area contributed by atoms with Crippen molar-refractivity contribution < 1.29 is 17.9 Å². The van der Waals surface area contributed by atoms with Crippen LogP contribution in [0.1, 0.15) is 31.0 Å². The minimum absolute atomic E-state index is 0.160. The van der Waals surface area contributed by atoms with Crippen molar-refractivity contribution in [2.75, 3.05) is 25.0 Å². The summed E-state index contributed by atoms with van der Waals surface area (Å²) in [5.74, 6) is 0.630. The molecule has 0 spiro atoms. The van der Waals surface area contributed by atoms with Crippen molar-refractivity contribution in [2.45, 2.75) is 38.5 Å². The van der Waals surface area contributed by atoms with Gasteiger partial charge >= 0.3 is 0 Å². The molecule has 4 rings (SSSR count). The predicted molar refractivity (Wildman–Crippen MR) is 137 cm³/mol. The summed E-state index contributed by atoms with van der Waals surface area (Å²) in [7, 11) is -3.66. The molecule has 1 saturated heterocycles. The Balaban J connectivity index is 1.40. The smallest absolute Gasteiger partial charge is 0.251 e. The minimum atomic E-state index is -3.66. The van der Waals surface area contributed by atoms with E-state index in [-0.39, 0.29) is 35.4 Å². The number of H-pyrrole nitrogens is 1. The van der Waals surface area contributed by atoms with Gasteiger partial charge in [-0.1, -0.05) is 12.1 Å². The molecule has 36 heavy (non-hydrogen) atoms. The highest BCUT2D eigenvalue weighted by atomic mass is 32.2. The monoisotopic (exact) mass is 510 g/mol. The van der Waals surface area contributed by atoms with Crippen molar-refractivity contribution in [3.8, 4) is 17.1 Å². The summed E-state index contributed by atoms with van der Waals surface area (Å²) in [4.78, 5) is 32.0. The summed E-state index contributed by atoms with van der Waals surface area (Å²) < 4.78 is 33.2. The van der Waals surface area contributed by atoms with Gasteiger partial charge in [0.05, 0.1) is 11.5 Å². The first-order valence-corrected chi connectivity index (χ1v) is 13.3. The number of hydrogen-bond acceptors (Lipinski definition) is 6. The van der Waals surface area contributed by atoms with Crippen molar-refractivity contribution in [1.82, 2.24) is 14.3 Å². The van der Waals surface area contributed by atoms with Gasteiger partial charge in [-0.2, -0.15) is 4.31 Å². The van der Waals surface area contributed by atoms with Crippen LogP contribution in [0.2, 0.25) is 0 Å². The molecule has 2 aromatic carbocycles. The molecular weight excluding hydrogens is 480 g/mol. The van der Waals surface area contributed by atoms with E-state index >= 15 is 0 Å². The molecular formula is C26H30N4O5S. The number of aromatic nitrogens is 2. The maximum atomic E-state index is 13.1. The lowest BCUT2D eigenvalue weighted by atomic mass is 9.97. The van der Waals surface area contributed by atoms with E-state index in [0.29, 0.717) is 48.0 Å². The van der Waals surface area contributed by atoms with Crippen molar-refractivity contribution in [1.29, 1.82) is 0 Å². The Morgan fingerprint density at radius 3 is 2.56 bits per heavy atom. The first-order chi connectivity index (χ1) is 17.2. The van der Waals surface area contributed by atoms with Gasteiger partial charge < -0.3 is 15.0 Å². The number of nitrogens with one attached hydrogen (secondary N) is 2. The van der Waals surface area contributed by atoms with Gasteiger partial charge in [-0.25, -0.2) is 13.4 Å². The molecule has 2 N–H and O–H groups in total. The molecule has 1 aliphatic rings. The van der Waals surface area contributed by atoms with Crippen LogP contribution in [0.4, 0.5) is 5.69 Å². The van der Waals surface area contributed by atoms with E-state index in [4.69, 9.17) is 4.74 Å². The first kappa shape index (κ1) is 25.6. The van der Waals surface area contributed by atoms with Crippen LogP contribution >= 0.6 is 0 Å². The summed E-state index contributed by atoms with van der Waals surface area (Å²) >= 11 is 0. The summed E-state index contributed by atoms with van der Waals surface area (Å²) in [6.07, 6.45) is 0.848. The third-order valence-corrected chi connectivity index (χ3v) is 8.08. The molecule has 0 saturated carbocycles. The molecule has 9 nitrogen and oxygen atoms in total. The van der Waals surface area contributed by atoms with Gasteiger partial charge in [-0.15, -0.1) is 0 Å². The number of aryl methyl sites for hydroxylation is 2. The summed E-state index contributed by atoms with van der Waals surface area (Å²) in [6.45, 7) is 6.48. The zero-order valence-electron chi connectivity index (χ0n) is 20.6. The van der Waals surface area contributed by atoms with Crippen LogP contribution in [0.5, 0.6) is 5.75 Å². The number of amides is 1. The molecule has 3 aromatic rings. The number of sulfonamides is 1. The molecule has 0 aliphatic carbocycles. The van der Waals surface area contributed by atoms with Crippen molar-refractivity contribution in [3.05, 3.63) is 70.1 Å². The highest BCUT2D eigenvalue weighted by Gasteiger charge is 2.32. The molecule has 1 amide bonds. The summed E-state index contributed by atoms with van der Waals surface area (Å²) in [6, 6.07) is 13.4. The number of rotatable bonds is 7. The number of anilines is 1. The van der Waals surface area contributed by atoms with Gasteiger partial charge in [-0.3, -0.25) is 9.59 Å². The topological polar surface area (TPSA) is 121 Å². The fourth-order valence-corrected chi connectivity index (χ4v) is 5.87. The Labute approximate surface area is 210 Å². The number of piperidine rings is 1. The van der Waals surface area contributed by atoms with E-state index < -0.39 is 10.0 Å². The molecule has 1 aromatic heterocycles. The number of carbonyl (C=O) groups is 1. The van der Waals surface area contributed by atoms with Crippen molar-refractivity contribution in [3.63, 3.8) is 0 Å². The fourth-order valence-electron chi connectivity index (χ4n) is 4.31. The van der Waals surface area contributed by atoms with E-state index in [0.717, 1.165) is 5.56 Å². The molecule has 0 radical (unpaired) electrons. The van der Waals surface area contributed by atoms with Crippen LogP contribution in [-0.2, 0) is 14.8 Å². The lowest BCUT2D eigenvalue weighted by molar-refractivity contribution is -0.120. The Morgan fingerprint density at radius 2 is 1.89 bits per heavy atom. The van der Waals surface area contributed by atoms with Crippen LogP contribution < -0.4 is 15.6 Å². The van der Waals surface area contributed by atoms with E-state index in [1.807, 2.05) is 13.8 Å². The van der Waals surface area contributed by atoms with Crippen LogP contribution in [0.15, 0.2) is 58.2 Å². The van der Waals surface area contributed by atoms with Crippen LogP contribution in [0, 0.1) is 19.8 Å². The van der Waals surface area contributed by atoms with Crippen LogP contribution in [0.3, 0.4) is 0 Å². The number of ether oxygens (including phenoxy) is 1. The lowest BCUT2D eigenvalue weighted by Gasteiger charge is -2.30. The van der Waals surface area contributed by atoms with Crippen molar-refractivity contribution in [2.24, 2.45) is 5.92 Å². The molecule has 10 heteroatoms. The second-order valence-electron chi connectivity index (χ2n) is 8.84. The number of aromatic amines is 1. The summed E-state index contributed by atoms with van der Waals surface area (Å²) in [5, 5.41) is 2.92. The molecule has 190 valence electrons. The molecule has 1 fully saturated rings. The average Bonchev–Trinajstić information content (AvgIpc) is 2.85. The molecule has 0 bridgehead atoms. The highest BCUT2D eigenvalue weighted by molar-refractivity contribution is 7.89. The Hall–Kier alpha value is -3.50. The van der Waals surface area contributed by atoms with Gasteiger partial charge in [-0.05, 0) is 69.5 Å². The van der Waals surface area contributed by atoms with E-state index in [9.17, 15) is 18.0 Å². The molecule has 1 aliphatic heterocycles. The highest BCUT2D eigenvalue weighted by Crippen LogP contribution is 2.28. The maximum absolute atomic E-state index is 13.1. The normalized spacial score (nSPS) is 15.0. The Bertz CT molecular complexity index is 1430. The Kier molecular flexibility index (Phi) is 7.56. The number of carbonyl (C=O) groups excluding carboxylic acids is 1. The van der Waals surface area contributed by atoms with E-state index in [1.54, 1.807) is 49.4 Å². The zero-order chi connectivity index (χ0) is 25.9. The van der Waals surface area contributed by atoms with Crippen LogP contribution in [-0.4, -0.2) is 48.3 Å². The fraction of sp³-hybridized carbons (Fsp3) is 0.346. The second kappa shape index (κ2) is 10.6. The molecule has 2 heterocycles.